The lowest BCUT2D eigenvalue weighted by Gasteiger charge is -2.31. The van der Waals surface area contributed by atoms with Gasteiger partial charge in [-0.25, -0.2) is 4.99 Å². The average molecular weight is 387 g/mol. The molecule has 0 aromatic heterocycles. The zero-order valence-electron chi connectivity index (χ0n) is 18.2. The van der Waals surface area contributed by atoms with E-state index in [0.29, 0.717) is 0 Å². The number of carbonyl (C=O) groups excluding carboxylic acids is 1. The van der Waals surface area contributed by atoms with E-state index in [0.717, 1.165) is 33.9 Å². The van der Waals surface area contributed by atoms with Crippen LogP contribution in [0.3, 0.4) is 0 Å². The molecule has 3 nitrogen and oxygen atoms in total. The summed E-state index contributed by atoms with van der Waals surface area (Å²) in [5, 5.41) is 3.38. The largest absolute Gasteiger partial charge is 0.356 e. The van der Waals surface area contributed by atoms with Crippen LogP contribution in [-0.2, 0) is 4.79 Å². The van der Waals surface area contributed by atoms with E-state index < -0.39 is 0 Å². The molecule has 0 amide bonds. The molecule has 0 aliphatic heterocycles. The molecule has 3 heteroatoms. The topological polar surface area (TPSA) is 41.5 Å². The molecule has 29 heavy (non-hydrogen) atoms. The van der Waals surface area contributed by atoms with Crippen molar-refractivity contribution in [3.8, 4) is 0 Å². The molecule has 1 N–H and O–H groups in total. The summed E-state index contributed by atoms with van der Waals surface area (Å²) in [4.78, 5) is 17.8. The Balaban J connectivity index is 1.92. The normalized spacial score (nSPS) is 15.0. The molecule has 1 aliphatic rings. The maximum atomic E-state index is 13.0. The van der Waals surface area contributed by atoms with E-state index in [1.165, 1.54) is 0 Å². The Morgan fingerprint density at radius 3 is 1.66 bits per heavy atom. The van der Waals surface area contributed by atoms with Gasteiger partial charge >= 0.3 is 0 Å². The van der Waals surface area contributed by atoms with Crippen LogP contribution in [-0.4, -0.2) is 11.5 Å². The second-order valence-corrected chi connectivity index (χ2v) is 9.52. The van der Waals surface area contributed by atoms with E-state index in [-0.39, 0.29) is 16.6 Å². The monoisotopic (exact) mass is 386 g/mol. The Hall–Kier alpha value is -2.94. The first-order valence-electron chi connectivity index (χ1n) is 10.0. The summed E-state index contributed by atoms with van der Waals surface area (Å²) in [5.74, 6) is 0.131. The van der Waals surface area contributed by atoms with Crippen molar-refractivity contribution in [2.45, 2.75) is 41.5 Å². The van der Waals surface area contributed by atoms with Crippen LogP contribution < -0.4 is 5.32 Å². The Bertz CT molecular complexity index is 944. The predicted octanol–water partition coefficient (Wildman–Crippen LogP) is 7.03. The molecule has 0 heterocycles. The summed E-state index contributed by atoms with van der Waals surface area (Å²) in [6.07, 6.45) is 3.88. The lowest BCUT2D eigenvalue weighted by atomic mass is 9.72. The van der Waals surface area contributed by atoms with Gasteiger partial charge in [0.15, 0.2) is 5.78 Å². The zero-order chi connectivity index (χ0) is 21.2. The van der Waals surface area contributed by atoms with E-state index >= 15 is 0 Å². The number of rotatable bonds is 3. The van der Waals surface area contributed by atoms with Gasteiger partial charge in [0.25, 0.3) is 0 Å². The third-order valence-corrected chi connectivity index (χ3v) is 4.88. The predicted molar refractivity (Wildman–Crippen MR) is 123 cm³/mol. The third-order valence-electron chi connectivity index (χ3n) is 4.88. The average Bonchev–Trinajstić information content (AvgIpc) is 2.63. The highest BCUT2D eigenvalue weighted by Gasteiger charge is 2.34. The van der Waals surface area contributed by atoms with E-state index in [9.17, 15) is 4.79 Å². The summed E-state index contributed by atoms with van der Waals surface area (Å²) in [6.45, 7) is 12.4. The van der Waals surface area contributed by atoms with Crippen LogP contribution in [0.25, 0.3) is 0 Å². The fraction of sp³-hybridized carbons (Fsp3) is 0.308. The molecule has 150 valence electrons. The lowest BCUT2D eigenvalue weighted by Crippen LogP contribution is -2.29. The van der Waals surface area contributed by atoms with Gasteiger partial charge in [-0.3, -0.25) is 4.79 Å². The molecule has 1 aliphatic carbocycles. The number of Topliss-reactive ketones (excluding diaryl/α,β-unsaturated/α-hetero) is 1. The summed E-state index contributed by atoms with van der Waals surface area (Å²) in [6, 6.07) is 18.1. The molecular weight excluding hydrogens is 356 g/mol. The van der Waals surface area contributed by atoms with Gasteiger partial charge in [-0.1, -0.05) is 59.7 Å². The summed E-state index contributed by atoms with van der Waals surface area (Å²) in [7, 11) is 0. The highest BCUT2D eigenvalue weighted by Crippen LogP contribution is 2.37. The van der Waals surface area contributed by atoms with Gasteiger partial charge in [0, 0.05) is 22.5 Å². The van der Waals surface area contributed by atoms with Crippen LogP contribution in [0.4, 0.5) is 17.1 Å². The maximum absolute atomic E-state index is 13.0. The first-order valence-corrected chi connectivity index (χ1v) is 10.0. The molecule has 0 fully saturated rings. The number of para-hydroxylation sites is 1. The van der Waals surface area contributed by atoms with Crippen LogP contribution >= 0.6 is 0 Å². The lowest BCUT2D eigenvalue weighted by molar-refractivity contribution is -0.114. The Morgan fingerprint density at radius 1 is 0.690 bits per heavy atom. The first kappa shape index (κ1) is 20.8. The molecule has 0 saturated carbocycles. The van der Waals surface area contributed by atoms with E-state index in [1.807, 2.05) is 66.7 Å². The smallest absolute Gasteiger partial charge is 0.186 e. The zero-order valence-corrected chi connectivity index (χ0v) is 18.2. The van der Waals surface area contributed by atoms with Crippen molar-refractivity contribution in [2.24, 2.45) is 15.8 Å². The van der Waals surface area contributed by atoms with Gasteiger partial charge in [0.2, 0.25) is 0 Å². The number of benzene rings is 2. The molecule has 3 rings (SSSR count). The number of allylic oxidation sites excluding steroid dienone is 4. The third kappa shape index (κ3) is 5.11. The number of hydrogen-bond donors (Lipinski definition) is 1. The minimum Gasteiger partial charge on any atom is -0.356 e. The van der Waals surface area contributed by atoms with Crippen molar-refractivity contribution in [3.05, 3.63) is 77.9 Å². The molecular formula is C26H30N2O. The van der Waals surface area contributed by atoms with Crippen molar-refractivity contribution in [1.29, 1.82) is 0 Å². The highest BCUT2D eigenvalue weighted by atomic mass is 16.1. The van der Waals surface area contributed by atoms with Crippen molar-refractivity contribution in [2.75, 3.05) is 5.32 Å². The second-order valence-electron chi connectivity index (χ2n) is 9.52. The quantitative estimate of drug-likeness (QED) is 0.575. The summed E-state index contributed by atoms with van der Waals surface area (Å²) >= 11 is 0. The van der Waals surface area contributed by atoms with Crippen molar-refractivity contribution >= 4 is 28.6 Å². The summed E-state index contributed by atoms with van der Waals surface area (Å²) in [5.41, 5.74) is 4.91. The maximum Gasteiger partial charge on any atom is 0.186 e. The number of ketones is 1. The highest BCUT2D eigenvalue weighted by molar-refractivity contribution is 6.23. The minimum atomic E-state index is -0.230. The van der Waals surface area contributed by atoms with Gasteiger partial charge in [-0.15, -0.1) is 0 Å². The SMILES string of the molecule is CC(C)(C)C1=CC(=Nc2ccc(Nc3ccccc3)cc2)C=C(C(C)(C)C)C1=O. The van der Waals surface area contributed by atoms with Crippen molar-refractivity contribution in [3.63, 3.8) is 0 Å². The number of hydrogen-bond acceptors (Lipinski definition) is 3. The van der Waals surface area contributed by atoms with Gasteiger partial charge < -0.3 is 5.32 Å². The number of nitrogens with one attached hydrogen (secondary N) is 1. The standard InChI is InChI=1S/C26H30N2O/c1-25(2,3)22-16-21(17-23(24(22)29)26(4,5)6)28-20-14-12-19(13-15-20)27-18-10-8-7-9-11-18/h7-17,27H,1-6H3. The molecule has 2 aromatic rings. The molecule has 0 radical (unpaired) electrons. The van der Waals surface area contributed by atoms with Crippen LogP contribution in [0.2, 0.25) is 0 Å². The van der Waals surface area contributed by atoms with Gasteiger partial charge in [0.05, 0.1) is 11.4 Å². The first-order chi connectivity index (χ1) is 13.5. The van der Waals surface area contributed by atoms with Crippen LogP contribution in [0, 0.1) is 10.8 Å². The molecule has 0 spiro atoms. The van der Waals surface area contributed by atoms with Crippen LogP contribution in [0.1, 0.15) is 41.5 Å². The second kappa shape index (κ2) is 7.82. The van der Waals surface area contributed by atoms with Gasteiger partial charge in [-0.05, 0) is 59.4 Å². The van der Waals surface area contributed by atoms with E-state index in [4.69, 9.17) is 4.99 Å². The van der Waals surface area contributed by atoms with Crippen LogP contribution in [0.5, 0.6) is 0 Å². The molecule has 0 saturated heterocycles. The molecule has 0 atom stereocenters. The number of aliphatic imine (C=N–C) groups is 1. The van der Waals surface area contributed by atoms with Crippen LogP contribution in [0.15, 0.2) is 82.9 Å². The number of nitrogens with zero attached hydrogens (tertiary/aromatic N) is 1. The minimum absolute atomic E-state index is 0.131. The van der Waals surface area contributed by atoms with Crippen molar-refractivity contribution in [1.82, 2.24) is 0 Å². The van der Waals surface area contributed by atoms with Gasteiger partial charge in [0.1, 0.15) is 0 Å². The van der Waals surface area contributed by atoms with E-state index in [2.05, 4.69) is 46.9 Å². The Labute approximate surface area is 174 Å². The molecule has 2 aromatic carbocycles. The van der Waals surface area contributed by atoms with E-state index in [1.54, 1.807) is 0 Å². The van der Waals surface area contributed by atoms with Crippen molar-refractivity contribution < 1.29 is 4.79 Å². The fourth-order valence-electron chi connectivity index (χ4n) is 3.25. The Morgan fingerprint density at radius 2 is 1.17 bits per heavy atom. The molecule has 0 bridgehead atoms. The fourth-order valence-corrected chi connectivity index (χ4v) is 3.25. The van der Waals surface area contributed by atoms with Gasteiger partial charge in [-0.2, -0.15) is 0 Å². The summed E-state index contributed by atoms with van der Waals surface area (Å²) < 4.78 is 0. The number of anilines is 2. The Kier molecular flexibility index (Phi) is 5.61. The molecule has 0 unspecified atom stereocenters. The number of carbonyl (C=O) groups is 1.